The van der Waals surface area contributed by atoms with Gasteiger partial charge in [-0.25, -0.2) is 14.2 Å². The highest BCUT2D eigenvalue weighted by molar-refractivity contribution is 5.60. The summed E-state index contributed by atoms with van der Waals surface area (Å²) in [4.78, 5) is 22.3. The van der Waals surface area contributed by atoms with Crippen molar-refractivity contribution in [3.8, 4) is 11.4 Å². The van der Waals surface area contributed by atoms with E-state index in [1.807, 2.05) is 18.2 Å². The Kier molecular flexibility index (Phi) is 4.02. The summed E-state index contributed by atoms with van der Waals surface area (Å²) in [6.07, 6.45) is 0.746. The lowest BCUT2D eigenvalue weighted by Gasteiger charge is -2.28. The summed E-state index contributed by atoms with van der Waals surface area (Å²) in [6.45, 7) is 2.36. The zero-order chi connectivity index (χ0) is 19.1. The highest BCUT2D eigenvalue weighted by Gasteiger charge is 2.23. The highest BCUT2D eigenvalue weighted by Crippen LogP contribution is 2.23. The summed E-state index contributed by atoms with van der Waals surface area (Å²) in [5.74, 6) is -0.0140. The first-order chi connectivity index (χ1) is 13.7. The van der Waals surface area contributed by atoms with Gasteiger partial charge in [0, 0.05) is 42.9 Å². The number of benzene rings is 2. The van der Waals surface area contributed by atoms with E-state index in [4.69, 9.17) is 0 Å². The van der Waals surface area contributed by atoms with Gasteiger partial charge >= 0.3 is 5.69 Å². The first-order valence-corrected chi connectivity index (χ1v) is 9.20. The molecule has 140 valence electrons. The third kappa shape index (κ3) is 2.99. The predicted molar refractivity (Wildman–Crippen MR) is 103 cm³/mol. The number of rotatable bonds is 3. The van der Waals surface area contributed by atoms with Crippen LogP contribution in [0.4, 0.5) is 4.39 Å². The molecule has 0 radical (unpaired) electrons. The van der Waals surface area contributed by atoms with Gasteiger partial charge in [-0.15, -0.1) is 5.10 Å². The maximum Gasteiger partial charge on any atom is 0.348 e. The molecule has 0 fully saturated rings. The van der Waals surface area contributed by atoms with Crippen LogP contribution < -0.4 is 5.69 Å². The van der Waals surface area contributed by atoms with Gasteiger partial charge in [-0.1, -0.05) is 42.5 Å². The number of aromatic amines is 1. The Morgan fingerprint density at radius 2 is 1.96 bits per heavy atom. The van der Waals surface area contributed by atoms with Crippen LogP contribution >= 0.6 is 0 Å². The van der Waals surface area contributed by atoms with Gasteiger partial charge in [0.15, 0.2) is 11.5 Å². The second-order valence-electron chi connectivity index (χ2n) is 7.01. The Morgan fingerprint density at radius 3 is 2.79 bits per heavy atom. The monoisotopic (exact) mass is 375 g/mol. The molecule has 2 aromatic carbocycles. The minimum Gasteiger partial charge on any atom is -0.309 e. The van der Waals surface area contributed by atoms with Crippen molar-refractivity contribution >= 4 is 5.65 Å². The van der Waals surface area contributed by atoms with Crippen molar-refractivity contribution in [2.45, 2.75) is 19.5 Å². The number of fused-ring (bicyclic) bond motifs is 3. The lowest BCUT2D eigenvalue weighted by atomic mass is 10.1. The van der Waals surface area contributed by atoms with Crippen LogP contribution in [0, 0.1) is 5.82 Å². The third-order valence-corrected chi connectivity index (χ3v) is 5.08. The Morgan fingerprint density at radius 1 is 1.11 bits per heavy atom. The zero-order valence-corrected chi connectivity index (χ0v) is 15.1. The van der Waals surface area contributed by atoms with Gasteiger partial charge in [0.05, 0.1) is 0 Å². The van der Waals surface area contributed by atoms with Gasteiger partial charge in [-0.05, 0) is 17.7 Å². The molecule has 0 spiro atoms. The predicted octanol–water partition coefficient (Wildman–Crippen LogP) is 2.78. The molecular formula is C21H18FN5O. The van der Waals surface area contributed by atoms with Crippen molar-refractivity contribution in [1.29, 1.82) is 0 Å². The topological polar surface area (TPSA) is 66.3 Å². The van der Waals surface area contributed by atoms with E-state index in [-0.39, 0.29) is 11.5 Å². The summed E-state index contributed by atoms with van der Waals surface area (Å²) in [5, 5.41) is 4.32. The number of nitrogens with zero attached hydrogens (tertiary/aromatic N) is 4. The smallest absolute Gasteiger partial charge is 0.309 e. The number of H-pyrrole nitrogens is 1. The zero-order valence-electron chi connectivity index (χ0n) is 15.1. The molecule has 1 aliphatic heterocycles. The minimum absolute atomic E-state index is 0.319. The van der Waals surface area contributed by atoms with Gasteiger partial charge in [0.1, 0.15) is 5.82 Å². The van der Waals surface area contributed by atoms with Gasteiger partial charge in [-0.3, -0.25) is 4.90 Å². The fourth-order valence-electron chi connectivity index (χ4n) is 3.72. The molecule has 1 aliphatic rings. The number of halogens is 1. The molecule has 6 nitrogen and oxygen atoms in total. The summed E-state index contributed by atoms with van der Waals surface area (Å²) in [5.41, 5.74) is 3.88. The Labute approximate surface area is 160 Å². The molecule has 28 heavy (non-hydrogen) atoms. The lowest BCUT2D eigenvalue weighted by Crippen LogP contribution is -2.34. The number of nitrogens with one attached hydrogen (secondary N) is 1. The maximum atomic E-state index is 13.6. The molecule has 0 bridgehead atoms. The lowest BCUT2D eigenvalue weighted by molar-refractivity contribution is 0.243. The largest absolute Gasteiger partial charge is 0.348 e. The van der Waals surface area contributed by atoms with E-state index in [0.717, 1.165) is 30.8 Å². The third-order valence-electron chi connectivity index (χ3n) is 5.08. The molecule has 3 heterocycles. The maximum absolute atomic E-state index is 13.6. The molecule has 0 amide bonds. The van der Waals surface area contributed by atoms with Crippen molar-refractivity contribution in [2.75, 3.05) is 6.54 Å². The van der Waals surface area contributed by atoms with Crippen LogP contribution in [0.15, 0.2) is 59.4 Å². The molecule has 0 unspecified atom stereocenters. The standard InChI is InChI=1S/C21H18FN5O/c22-16-8-4-7-15(11-16)19-24-20-17-13-26(12-14-5-2-1-3-6-14)10-9-18(17)23-21(28)27(20)25-19/h1-8,11H,9-10,12-13H2,(H,23,28). The second kappa shape index (κ2) is 6.69. The average molecular weight is 375 g/mol. The summed E-state index contributed by atoms with van der Waals surface area (Å²) >= 11 is 0. The highest BCUT2D eigenvalue weighted by atomic mass is 19.1. The molecule has 0 saturated heterocycles. The first kappa shape index (κ1) is 16.8. The van der Waals surface area contributed by atoms with Gasteiger partial charge in [-0.2, -0.15) is 4.52 Å². The van der Waals surface area contributed by atoms with Crippen LogP contribution in [0.5, 0.6) is 0 Å². The summed E-state index contributed by atoms with van der Waals surface area (Å²) in [6, 6.07) is 16.4. The van der Waals surface area contributed by atoms with Gasteiger partial charge < -0.3 is 4.98 Å². The molecule has 7 heteroatoms. The van der Waals surface area contributed by atoms with Crippen LogP contribution in [-0.4, -0.2) is 31.0 Å². The summed E-state index contributed by atoms with van der Waals surface area (Å²) in [7, 11) is 0. The molecule has 0 saturated carbocycles. The average Bonchev–Trinajstić information content (AvgIpc) is 3.16. The second-order valence-corrected chi connectivity index (χ2v) is 7.01. The Bertz CT molecular complexity index is 1210. The number of hydrogen-bond acceptors (Lipinski definition) is 4. The fraction of sp³-hybridized carbons (Fsp3) is 0.190. The Balaban J connectivity index is 1.55. The molecule has 0 atom stereocenters. The first-order valence-electron chi connectivity index (χ1n) is 9.20. The van der Waals surface area contributed by atoms with Crippen LogP contribution in [0.3, 0.4) is 0 Å². The van der Waals surface area contributed by atoms with E-state index in [1.165, 1.54) is 22.2 Å². The normalized spacial score (nSPS) is 14.3. The number of hydrogen-bond donors (Lipinski definition) is 1. The SMILES string of the molecule is O=c1[nH]c2c(c3nc(-c4cccc(F)c4)nn13)CN(Cc1ccccc1)CC2. The van der Waals surface area contributed by atoms with Gasteiger partial charge in [0.2, 0.25) is 0 Å². The fourth-order valence-corrected chi connectivity index (χ4v) is 3.72. The van der Waals surface area contributed by atoms with E-state index < -0.39 is 0 Å². The Hall–Kier alpha value is -3.32. The molecule has 4 aromatic rings. The van der Waals surface area contributed by atoms with Crippen LogP contribution in [-0.2, 0) is 19.5 Å². The van der Waals surface area contributed by atoms with Crippen LogP contribution in [0.2, 0.25) is 0 Å². The molecule has 1 N–H and O–H groups in total. The van der Waals surface area contributed by atoms with E-state index >= 15 is 0 Å². The minimum atomic E-state index is -0.360. The van der Waals surface area contributed by atoms with Crippen molar-refractivity contribution < 1.29 is 4.39 Å². The van der Waals surface area contributed by atoms with Crippen LogP contribution in [0.25, 0.3) is 17.0 Å². The van der Waals surface area contributed by atoms with Gasteiger partial charge in [0.25, 0.3) is 0 Å². The molecule has 0 aliphatic carbocycles. The van der Waals surface area contributed by atoms with E-state index in [1.54, 1.807) is 12.1 Å². The molecule has 5 rings (SSSR count). The van der Waals surface area contributed by atoms with Crippen molar-refractivity contribution in [3.05, 3.63) is 87.7 Å². The van der Waals surface area contributed by atoms with E-state index in [9.17, 15) is 9.18 Å². The molecule has 2 aromatic heterocycles. The van der Waals surface area contributed by atoms with E-state index in [0.29, 0.717) is 23.6 Å². The van der Waals surface area contributed by atoms with Crippen LogP contribution in [0.1, 0.15) is 16.8 Å². The van der Waals surface area contributed by atoms with Crippen molar-refractivity contribution in [2.24, 2.45) is 0 Å². The quantitative estimate of drug-likeness (QED) is 0.598. The van der Waals surface area contributed by atoms with Crippen molar-refractivity contribution in [1.82, 2.24) is 24.5 Å². The van der Waals surface area contributed by atoms with E-state index in [2.05, 4.69) is 32.1 Å². The molecular weight excluding hydrogens is 357 g/mol. The summed E-state index contributed by atoms with van der Waals surface area (Å²) < 4.78 is 14.9. The van der Waals surface area contributed by atoms with Crippen molar-refractivity contribution in [3.63, 3.8) is 0 Å². The number of aromatic nitrogens is 4.